The van der Waals surface area contributed by atoms with E-state index in [1.165, 1.54) is 5.57 Å². The summed E-state index contributed by atoms with van der Waals surface area (Å²) in [5, 5.41) is 2.91. The lowest BCUT2D eigenvalue weighted by Gasteiger charge is -2.52. The number of ether oxygens (including phenoxy) is 4. The lowest BCUT2D eigenvalue weighted by Crippen LogP contribution is -2.54. The third kappa shape index (κ3) is 7.72. The lowest BCUT2D eigenvalue weighted by molar-refractivity contribution is -0.162. The molecule has 1 N–H and O–H groups in total. The van der Waals surface area contributed by atoms with Gasteiger partial charge in [-0.2, -0.15) is 0 Å². The van der Waals surface area contributed by atoms with E-state index in [-0.39, 0.29) is 23.7 Å². The first kappa shape index (κ1) is 27.1. The van der Waals surface area contributed by atoms with Crippen molar-refractivity contribution in [1.29, 1.82) is 0 Å². The first-order valence-electron chi connectivity index (χ1n) is 12.4. The maximum Gasteiger partial charge on any atom is 0.407 e. The topological polar surface area (TPSA) is 83.1 Å². The molecule has 0 radical (unpaired) electrons. The number of amides is 1. The van der Waals surface area contributed by atoms with Crippen LogP contribution in [0.15, 0.2) is 35.9 Å². The first-order chi connectivity index (χ1) is 16.3. The lowest BCUT2D eigenvalue weighted by atomic mass is 9.53. The van der Waals surface area contributed by atoms with Crippen LogP contribution < -0.4 is 10.1 Å². The highest BCUT2D eigenvalue weighted by Crippen LogP contribution is 2.59. The van der Waals surface area contributed by atoms with Crippen LogP contribution in [0.4, 0.5) is 4.79 Å². The van der Waals surface area contributed by atoms with Gasteiger partial charge in [-0.3, -0.25) is 4.79 Å². The SMILES string of the molecule is COc1ccc(COCC2=C[C@H]3[C@@H](C2)C[C@@]3(CNC(=O)OC(C)(C)C)CC(=O)OC(C)(C)C)cc1. The quantitative estimate of drug-likeness (QED) is 0.370. The largest absolute Gasteiger partial charge is 0.497 e. The third-order valence-corrected chi connectivity index (χ3v) is 6.44. The molecule has 0 spiro atoms. The summed E-state index contributed by atoms with van der Waals surface area (Å²) in [7, 11) is 1.65. The second kappa shape index (κ2) is 10.6. The van der Waals surface area contributed by atoms with Crippen LogP contribution in [0, 0.1) is 17.3 Å². The molecule has 1 aromatic rings. The van der Waals surface area contributed by atoms with Crippen molar-refractivity contribution in [2.24, 2.45) is 17.3 Å². The standard InChI is InChI=1S/C28H41NO6/c1-26(2,3)34-24(30)15-28(18-29-25(31)35-27(4,5)6)14-21-12-20(13-23(21)28)17-33-16-19-8-10-22(32-7)11-9-19/h8-11,13,21,23H,12,14-18H2,1-7H3,(H,29,31)/t21-,23-,28-/m0/s1. The molecule has 194 valence electrons. The Bertz CT molecular complexity index is 924. The molecule has 3 rings (SSSR count). The summed E-state index contributed by atoms with van der Waals surface area (Å²) >= 11 is 0. The minimum atomic E-state index is -0.577. The summed E-state index contributed by atoms with van der Waals surface area (Å²) in [6.45, 7) is 12.6. The highest BCUT2D eigenvalue weighted by Gasteiger charge is 2.56. The monoisotopic (exact) mass is 487 g/mol. The maximum absolute atomic E-state index is 12.8. The number of allylic oxidation sites excluding steroid dienone is 1. The van der Waals surface area contributed by atoms with E-state index >= 15 is 0 Å². The van der Waals surface area contributed by atoms with Gasteiger partial charge in [0.15, 0.2) is 0 Å². The molecule has 7 nitrogen and oxygen atoms in total. The first-order valence-corrected chi connectivity index (χ1v) is 12.4. The van der Waals surface area contributed by atoms with Crippen LogP contribution in [0.1, 0.15) is 66.4 Å². The summed E-state index contributed by atoms with van der Waals surface area (Å²) in [4.78, 5) is 25.1. The Balaban J connectivity index is 1.62. The highest BCUT2D eigenvalue weighted by atomic mass is 16.6. The summed E-state index contributed by atoms with van der Waals surface area (Å²) < 4.78 is 22.2. The number of hydrogen-bond donors (Lipinski definition) is 1. The predicted molar refractivity (Wildman–Crippen MR) is 134 cm³/mol. The van der Waals surface area contributed by atoms with Gasteiger partial charge in [-0.05, 0) is 89.5 Å². The van der Waals surface area contributed by atoms with Crippen molar-refractivity contribution in [3.05, 3.63) is 41.5 Å². The van der Waals surface area contributed by atoms with Crippen molar-refractivity contribution in [1.82, 2.24) is 5.32 Å². The fourth-order valence-electron chi connectivity index (χ4n) is 5.09. The Morgan fingerprint density at radius 1 is 1.00 bits per heavy atom. The molecule has 1 amide bonds. The fraction of sp³-hybridized carbons (Fsp3) is 0.643. The molecule has 0 aromatic heterocycles. The van der Waals surface area contributed by atoms with Gasteiger partial charge < -0.3 is 24.3 Å². The van der Waals surface area contributed by atoms with Crippen LogP contribution in [-0.4, -0.2) is 43.5 Å². The molecule has 7 heteroatoms. The van der Waals surface area contributed by atoms with Crippen LogP contribution in [0.5, 0.6) is 5.75 Å². The van der Waals surface area contributed by atoms with E-state index in [4.69, 9.17) is 18.9 Å². The third-order valence-electron chi connectivity index (χ3n) is 6.44. The van der Waals surface area contributed by atoms with Gasteiger partial charge in [0.05, 0.1) is 26.7 Å². The van der Waals surface area contributed by atoms with Gasteiger partial charge in [0, 0.05) is 12.0 Å². The average Bonchev–Trinajstić information content (AvgIpc) is 3.06. The van der Waals surface area contributed by atoms with E-state index in [0.29, 0.717) is 25.7 Å². The molecular weight excluding hydrogens is 446 g/mol. The molecule has 0 heterocycles. The Labute approximate surface area is 209 Å². The smallest absolute Gasteiger partial charge is 0.407 e. The summed E-state index contributed by atoms with van der Waals surface area (Å²) in [5.74, 6) is 1.24. The second-order valence-corrected chi connectivity index (χ2v) is 11.8. The van der Waals surface area contributed by atoms with Crippen molar-refractivity contribution >= 4 is 12.1 Å². The van der Waals surface area contributed by atoms with Gasteiger partial charge in [-0.15, -0.1) is 0 Å². The van der Waals surface area contributed by atoms with Crippen LogP contribution in [0.25, 0.3) is 0 Å². The van der Waals surface area contributed by atoms with Crippen molar-refractivity contribution in [2.75, 3.05) is 20.3 Å². The molecule has 0 aliphatic heterocycles. The minimum absolute atomic E-state index is 0.199. The Morgan fingerprint density at radius 2 is 1.66 bits per heavy atom. The molecule has 0 unspecified atom stereocenters. The Hall–Kier alpha value is -2.54. The second-order valence-electron chi connectivity index (χ2n) is 11.8. The number of hydrogen-bond acceptors (Lipinski definition) is 6. The molecule has 1 aromatic carbocycles. The van der Waals surface area contributed by atoms with Crippen molar-refractivity contribution in [3.8, 4) is 5.75 Å². The van der Waals surface area contributed by atoms with Gasteiger partial charge in [0.2, 0.25) is 0 Å². The van der Waals surface area contributed by atoms with E-state index < -0.39 is 17.3 Å². The number of benzene rings is 1. The zero-order valence-corrected chi connectivity index (χ0v) is 22.2. The highest BCUT2D eigenvalue weighted by molar-refractivity contribution is 5.72. The molecule has 2 aliphatic carbocycles. The van der Waals surface area contributed by atoms with Gasteiger partial charge >= 0.3 is 12.1 Å². The van der Waals surface area contributed by atoms with Crippen LogP contribution in [0.2, 0.25) is 0 Å². The Kier molecular flexibility index (Phi) is 8.20. The normalized spacial score (nSPS) is 23.6. The number of nitrogens with one attached hydrogen (secondary N) is 1. The van der Waals surface area contributed by atoms with E-state index in [1.807, 2.05) is 65.8 Å². The molecule has 1 fully saturated rings. The van der Waals surface area contributed by atoms with E-state index in [9.17, 15) is 9.59 Å². The van der Waals surface area contributed by atoms with Crippen molar-refractivity contribution in [2.45, 2.75) is 78.6 Å². The van der Waals surface area contributed by atoms with Crippen LogP contribution in [-0.2, 0) is 25.6 Å². The van der Waals surface area contributed by atoms with Crippen molar-refractivity contribution in [3.63, 3.8) is 0 Å². The summed E-state index contributed by atoms with van der Waals surface area (Å²) in [6, 6.07) is 7.85. The molecule has 3 atom stereocenters. The van der Waals surface area contributed by atoms with Gasteiger partial charge in [-0.1, -0.05) is 18.2 Å². The van der Waals surface area contributed by atoms with Gasteiger partial charge in [0.25, 0.3) is 0 Å². The maximum atomic E-state index is 12.8. The van der Waals surface area contributed by atoms with Crippen LogP contribution in [0.3, 0.4) is 0 Å². The summed E-state index contributed by atoms with van der Waals surface area (Å²) in [6.07, 6.45) is 3.86. The molecule has 0 bridgehead atoms. The number of carbonyl (C=O) groups is 2. The number of rotatable bonds is 9. The minimum Gasteiger partial charge on any atom is -0.497 e. The number of methoxy groups -OCH3 is 1. The zero-order valence-electron chi connectivity index (χ0n) is 22.2. The molecule has 1 saturated carbocycles. The number of esters is 1. The van der Waals surface area contributed by atoms with Gasteiger partial charge in [-0.25, -0.2) is 4.79 Å². The Morgan fingerprint density at radius 3 is 2.26 bits per heavy atom. The average molecular weight is 488 g/mol. The van der Waals surface area contributed by atoms with Crippen LogP contribution >= 0.6 is 0 Å². The molecule has 35 heavy (non-hydrogen) atoms. The molecule has 2 aliphatic rings. The van der Waals surface area contributed by atoms with E-state index in [1.54, 1.807) is 7.11 Å². The summed E-state index contributed by atoms with van der Waals surface area (Å²) in [5.41, 5.74) is 0.838. The predicted octanol–water partition coefficient (Wildman–Crippen LogP) is 5.42. The molecular formula is C28H41NO6. The molecule has 0 saturated heterocycles. The number of alkyl carbamates (subject to hydrolysis) is 1. The van der Waals surface area contributed by atoms with E-state index in [2.05, 4.69) is 11.4 Å². The number of carbonyl (C=O) groups excluding carboxylic acids is 2. The van der Waals surface area contributed by atoms with Gasteiger partial charge in [0.1, 0.15) is 17.0 Å². The van der Waals surface area contributed by atoms with E-state index in [0.717, 1.165) is 24.2 Å². The fourth-order valence-corrected chi connectivity index (χ4v) is 5.09. The van der Waals surface area contributed by atoms with Crippen molar-refractivity contribution < 1.29 is 28.5 Å². The number of fused-ring (bicyclic) bond motifs is 1. The zero-order chi connectivity index (χ0) is 25.9.